The molecule has 0 fully saturated rings. The van der Waals surface area contributed by atoms with Crippen LogP contribution in [0.15, 0.2) is 45.5 Å². The fraction of sp³-hybridized carbons (Fsp3) is 0.300. The minimum atomic E-state index is -0.0701. The lowest BCUT2D eigenvalue weighted by Crippen LogP contribution is -2.33. The van der Waals surface area contributed by atoms with Crippen molar-refractivity contribution < 1.29 is 9.21 Å². The Morgan fingerprint density at radius 2 is 2.07 bits per heavy atom. The molecule has 6 nitrogen and oxygen atoms in total. The summed E-state index contributed by atoms with van der Waals surface area (Å²) in [5, 5.41) is 20.9. The fourth-order valence-corrected chi connectivity index (χ4v) is 3.53. The zero-order chi connectivity index (χ0) is 19.2. The quantitative estimate of drug-likeness (QED) is 0.613. The number of aromatic nitrogens is 2. The number of rotatable bonds is 7. The van der Waals surface area contributed by atoms with E-state index in [2.05, 4.69) is 16.3 Å². The summed E-state index contributed by atoms with van der Waals surface area (Å²) in [4.78, 5) is 14.5. The number of amides is 1. The molecule has 1 unspecified atom stereocenters. The summed E-state index contributed by atoms with van der Waals surface area (Å²) in [6.07, 6.45) is 0.715. The van der Waals surface area contributed by atoms with Gasteiger partial charge in [-0.05, 0) is 43.0 Å². The predicted octanol–water partition coefficient (Wildman–Crippen LogP) is 4.21. The van der Waals surface area contributed by atoms with Crippen LogP contribution >= 0.6 is 11.3 Å². The standard InChI is InChI=1S/C20H20N4O2S/c1-3-24(14(2)16-6-4-15(12-21)5-7-16)19(25)9-8-18-22-23-20(26-18)17-10-11-27-13-17/h4-7,10-11,13-14H,3,8-9H2,1-2H3. The van der Waals surface area contributed by atoms with Crippen LogP contribution in [0.1, 0.15) is 43.3 Å². The highest BCUT2D eigenvalue weighted by molar-refractivity contribution is 7.08. The molecule has 0 aliphatic rings. The van der Waals surface area contributed by atoms with E-state index in [1.54, 1.807) is 23.5 Å². The largest absolute Gasteiger partial charge is 0.421 e. The van der Waals surface area contributed by atoms with Crippen molar-refractivity contribution in [2.45, 2.75) is 32.7 Å². The predicted molar refractivity (Wildman–Crippen MR) is 103 cm³/mol. The highest BCUT2D eigenvalue weighted by atomic mass is 32.1. The van der Waals surface area contributed by atoms with Crippen LogP contribution in [-0.2, 0) is 11.2 Å². The molecule has 3 rings (SSSR count). The molecule has 1 amide bonds. The van der Waals surface area contributed by atoms with Crippen molar-refractivity contribution in [2.24, 2.45) is 0 Å². The average molecular weight is 380 g/mol. The average Bonchev–Trinajstić information content (AvgIpc) is 3.38. The highest BCUT2D eigenvalue weighted by Gasteiger charge is 2.21. The van der Waals surface area contributed by atoms with Crippen LogP contribution in [-0.4, -0.2) is 27.5 Å². The van der Waals surface area contributed by atoms with Crippen LogP contribution in [0.2, 0.25) is 0 Å². The minimum Gasteiger partial charge on any atom is -0.421 e. The number of nitrogens with zero attached hydrogens (tertiary/aromatic N) is 4. The van der Waals surface area contributed by atoms with Gasteiger partial charge in [0.15, 0.2) is 0 Å². The molecule has 0 aliphatic heterocycles. The number of carbonyl (C=O) groups is 1. The number of aryl methyl sites for hydroxylation is 1. The molecule has 27 heavy (non-hydrogen) atoms. The van der Waals surface area contributed by atoms with Gasteiger partial charge in [0.05, 0.1) is 17.7 Å². The van der Waals surface area contributed by atoms with Gasteiger partial charge in [-0.25, -0.2) is 0 Å². The molecular weight excluding hydrogens is 360 g/mol. The van der Waals surface area contributed by atoms with Gasteiger partial charge in [0.2, 0.25) is 17.7 Å². The van der Waals surface area contributed by atoms with Crippen LogP contribution in [0.25, 0.3) is 11.5 Å². The topological polar surface area (TPSA) is 83.0 Å². The lowest BCUT2D eigenvalue weighted by Gasteiger charge is -2.28. The summed E-state index contributed by atoms with van der Waals surface area (Å²) in [6.45, 7) is 4.55. The Bertz CT molecular complexity index is 926. The monoisotopic (exact) mass is 380 g/mol. The number of benzene rings is 1. The molecule has 0 radical (unpaired) electrons. The highest BCUT2D eigenvalue weighted by Crippen LogP contribution is 2.23. The van der Waals surface area contributed by atoms with Crippen molar-refractivity contribution in [3.63, 3.8) is 0 Å². The molecule has 2 heterocycles. The molecule has 0 saturated carbocycles. The Labute approximate surface area is 162 Å². The lowest BCUT2D eigenvalue weighted by molar-refractivity contribution is -0.133. The van der Waals surface area contributed by atoms with Crippen molar-refractivity contribution in [3.05, 3.63) is 58.1 Å². The van der Waals surface area contributed by atoms with Gasteiger partial charge in [-0.15, -0.1) is 10.2 Å². The summed E-state index contributed by atoms with van der Waals surface area (Å²) >= 11 is 1.57. The molecule has 1 atom stereocenters. The molecule has 7 heteroatoms. The smallest absolute Gasteiger partial charge is 0.248 e. The van der Waals surface area contributed by atoms with Gasteiger partial charge >= 0.3 is 0 Å². The third kappa shape index (κ3) is 4.41. The molecule has 138 valence electrons. The summed E-state index contributed by atoms with van der Waals surface area (Å²) in [7, 11) is 0. The van der Waals surface area contributed by atoms with E-state index in [-0.39, 0.29) is 11.9 Å². The third-order valence-electron chi connectivity index (χ3n) is 4.44. The Kier molecular flexibility index (Phi) is 5.99. The van der Waals surface area contributed by atoms with E-state index in [1.807, 2.05) is 47.7 Å². The number of hydrogen-bond acceptors (Lipinski definition) is 6. The molecule has 1 aromatic carbocycles. The van der Waals surface area contributed by atoms with E-state index in [9.17, 15) is 4.79 Å². The maximum absolute atomic E-state index is 12.7. The lowest BCUT2D eigenvalue weighted by atomic mass is 10.0. The van der Waals surface area contributed by atoms with E-state index in [4.69, 9.17) is 9.68 Å². The first-order valence-corrected chi connectivity index (χ1v) is 9.71. The van der Waals surface area contributed by atoms with Gasteiger partial charge in [-0.1, -0.05) is 12.1 Å². The van der Waals surface area contributed by atoms with Crippen LogP contribution in [0.4, 0.5) is 0 Å². The molecule has 0 saturated heterocycles. The first-order chi connectivity index (χ1) is 13.1. The van der Waals surface area contributed by atoms with Crippen molar-refractivity contribution in [1.29, 1.82) is 5.26 Å². The number of hydrogen-bond donors (Lipinski definition) is 0. The van der Waals surface area contributed by atoms with E-state index < -0.39 is 0 Å². The Morgan fingerprint density at radius 3 is 2.70 bits per heavy atom. The van der Waals surface area contributed by atoms with Gasteiger partial charge in [0.25, 0.3) is 0 Å². The van der Waals surface area contributed by atoms with E-state index in [1.165, 1.54) is 0 Å². The maximum atomic E-state index is 12.7. The maximum Gasteiger partial charge on any atom is 0.248 e. The van der Waals surface area contributed by atoms with Crippen LogP contribution in [0, 0.1) is 11.3 Å². The number of nitriles is 1. The van der Waals surface area contributed by atoms with E-state index in [0.29, 0.717) is 36.7 Å². The number of carbonyl (C=O) groups excluding carboxylic acids is 1. The molecule has 0 bridgehead atoms. The van der Waals surface area contributed by atoms with Gasteiger partial charge in [0, 0.05) is 30.3 Å². The second-order valence-electron chi connectivity index (χ2n) is 6.10. The molecular formula is C20H20N4O2S. The molecule has 0 aliphatic carbocycles. The summed E-state index contributed by atoms with van der Waals surface area (Å²) < 4.78 is 5.65. The van der Waals surface area contributed by atoms with E-state index in [0.717, 1.165) is 11.1 Å². The Morgan fingerprint density at radius 1 is 1.30 bits per heavy atom. The Balaban J connectivity index is 1.62. The Hall–Kier alpha value is -2.98. The van der Waals surface area contributed by atoms with E-state index >= 15 is 0 Å². The van der Waals surface area contributed by atoms with Crippen molar-refractivity contribution in [1.82, 2.24) is 15.1 Å². The second kappa shape index (κ2) is 8.60. The first-order valence-electron chi connectivity index (χ1n) is 8.76. The van der Waals surface area contributed by atoms with Crippen molar-refractivity contribution in [2.75, 3.05) is 6.54 Å². The van der Waals surface area contributed by atoms with Crippen molar-refractivity contribution >= 4 is 17.2 Å². The normalized spacial score (nSPS) is 11.7. The molecule has 0 spiro atoms. The molecule has 2 aromatic heterocycles. The van der Waals surface area contributed by atoms with Gasteiger partial charge < -0.3 is 9.32 Å². The second-order valence-corrected chi connectivity index (χ2v) is 6.88. The van der Waals surface area contributed by atoms with Crippen LogP contribution in [0.5, 0.6) is 0 Å². The van der Waals surface area contributed by atoms with Crippen LogP contribution < -0.4 is 0 Å². The van der Waals surface area contributed by atoms with Gasteiger partial charge in [0.1, 0.15) is 0 Å². The van der Waals surface area contributed by atoms with Crippen LogP contribution in [0.3, 0.4) is 0 Å². The molecule has 3 aromatic rings. The van der Waals surface area contributed by atoms with Crippen molar-refractivity contribution in [3.8, 4) is 17.5 Å². The van der Waals surface area contributed by atoms with Gasteiger partial charge in [-0.2, -0.15) is 16.6 Å². The zero-order valence-electron chi connectivity index (χ0n) is 15.3. The molecule has 0 N–H and O–H groups in total. The zero-order valence-corrected chi connectivity index (χ0v) is 16.1. The summed E-state index contributed by atoms with van der Waals surface area (Å²) in [6, 6.07) is 11.3. The SMILES string of the molecule is CCN(C(=O)CCc1nnc(-c2ccsc2)o1)C(C)c1ccc(C#N)cc1. The first kappa shape index (κ1) is 18.8. The number of thiophene rings is 1. The minimum absolute atomic E-state index is 0.0321. The summed E-state index contributed by atoms with van der Waals surface area (Å²) in [5.41, 5.74) is 2.51. The van der Waals surface area contributed by atoms with Gasteiger partial charge in [-0.3, -0.25) is 4.79 Å². The summed E-state index contributed by atoms with van der Waals surface area (Å²) in [5.74, 6) is 0.980. The fourth-order valence-electron chi connectivity index (χ4n) is 2.90. The third-order valence-corrected chi connectivity index (χ3v) is 5.12.